The lowest BCUT2D eigenvalue weighted by Gasteiger charge is -2.13. The molecular formula is C12H20N4OS. The number of carbonyl (C=O) groups excluding carboxylic acids is 1. The van der Waals surface area contributed by atoms with Crippen LogP contribution in [0.2, 0.25) is 0 Å². The van der Waals surface area contributed by atoms with Crippen LogP contribution in [0.25, 0.3) is 0 Å². The molecule has 0 aliphatic rings. The highest BCUT2D eigenvalue weighted by molar-refractivity contribution is 7.07. The molecule has 2 N–H and O–H groups in total. The highest BCUT2D eigenvalue weighted by Crippen LogP contribution is 2.04. The van der Waals surface area contributed by atoms with Crippen molar-refractivity contribution in [2.75, 3.05) is 27.7 Å². The lowest BCUT2D eigenvalue weighted by molar-refractivity contribution is -0.128. The average molecular weight is 268 g/mol. The Morgan fingerprint density at radius 3 is 2.78 bits per heavy atom. The van der Waals surface area contributed by atoms with E-state index in [1.54, 1.807) is 37.4 Å². The van der Waals surface area contributed by atoms with Gasteiger partial charge in [0.05, 0.1) is 0 Å². The first-order valence-electron chi connectivity index (χ1n) is 5.79. The zero-order chi connectivity index (χ0) is 13.4. The molecule has 0 saturated heterocycles. The maximum absolute atomic E-state index is 11.4. The third-order valence-electron chi connectivity index (χ3n) is 2.39. The summed E-state index contributed by atoms with van der Waals surface area (Å²) in [5, 5.41) is 10.4. The van der Waals surface area contributed by atoms with Gasteiger partial charge in [-0.2, -0.15) is 11.3 Å². The number of guanidine groups is 1. The van der Waals surface area contributed by atoms with Crippen LogP contribution < -0.4 is 10.6 Å². The topological polar surface area (TPSA) is 56.7 Å². The van der Waals surface area contributed by atoms with Crippen LogP contribution in [-0.2, 0) is 11.3 Å². The van der Waals surface area contributed by atoms with Gasteiger partial charge in [0.25, 0.3) is 0 Å². The van der Waals surface area contributed by atoms with E-state index in [2.05, 4.69) is 27.1 Å². The Kier molecular flexibility index (Phi) is 6.21. The highest BCUT2D eigenvalue weighted by atomic mass is 32.1. The molecule has 100 valence electrons. The SMILES string of the molecule is CN=C(NCCC(=O)N(C)C)NCc1ccsc1. The summed E-state index contributed by atoms with van der Waals surface area (Å²) < 4.78 is 0. The van der Waals surface area contributed by atoms with Crippen molar-refractivity contribution < 1.29 is 4.79 Å². The van der Waals surface area contributed by atoms with Gasteiger partial charge in [0.15, 0.2) is 5.96 Å². The fraction of sp³-hybridized carbons (Fsp3) is 0.500. The van der Waals surface area contributed by atoms with Crippen molar-refractivity contribution in [2.24, 2.45) is 4.99 Å². The molecule has 1 rings (SSSR count). The predicted molar refractivity (Wildman–Crippen MR) is 75.8 cm³/mol. The molecule has 0 aromatic carbocycles. The number of carbonyl (C=O) groups is 1. The van der Waals surface area contributed by atoms with Crippen LogP contribution in [0.3, 0.4) is 0 Å². The van der Waals surface area contributed by atoms with Crippen molar-refractivity contribution in [3.63, 3.8) is 0 Å². The second kappa shape index (κ2) is 7.71. The van der Waals surface area contributed by atoms with E-state index in [-0.39, 0.29) is 5.91 Å². The second-order valence-corrected chi connectivity index (χ2v) is 4.80. The summed E-state index contributed by atoms with van der Waals surface area (Å²) in [7, 11) is 5.23. The van der Waals surface area contributed by atoms with Crippen molar-refractivity contribution in [3.8, 4) is 0 Å². The first-order valence-corrected chi connectivity index (χ1v) is 6.73. The van der Waals surface area contributed by atoms with Crippen LogP contribution >= 0.6 is 11.3 Å². The Hall–Kier alpha value is -1.56. The largest absolute Gasteiger partial charge is 0.356 e. The van der Waals surface area contributed by atoms with Gasteiger partial charge in [0.2, 0.25) is 5.91 Å². The fourth-order valence-corrected chi connectivity index (χ4v) is 1.98. The van der Waals surface area contributed by atoms with Crippen molar-refractivity contribution in [1.29, 1.82) is 0 Å². The van der Waals surface area contributed by atoms with E-state index in [0.29, 0.717) is 18.9 Å². The van der Waals surface area contributed by atoms with E-state index in [1.165, 1.54) is 5.56 Å². The molecule has 0 bridgehead atoms. The zero-order valence-electron chi connectivity index (χ0n) is 11.1. The standard InChI is InChI=1S/C12H20N4OS/c1-13-12(14-6-4-11(17)16(2)3)15-8-10-5-7-18-9-10/h5,7,9H,4,6,8H2,1-3H3,(H2,13,14,15). The van der Waals surface area contributed by atoms with E-state index in [9.17, 15) is 4.79 Å². The average Bonchev–Trinajstić information content (AvgIpc) is 2.86. The highest BCUT2D eigenvalue weighted by Gasteiger charge is 2.04. The summed E-state index contributed by atoms with van der Waals surface area (Å²) >= 11 is 1.67. The lowest BCUT2D eigenvalue weighted by Crippen LogP contribution is -2.38. The molecular weight excluding hydrogens is 248 g/mol. The molecule has 0 saturated carbocycles. The molecule has 0 fully saturated rings. The minimum atomic E-state index is 0.107. The number of nitrogens with zero attached hydrogens (tertiary/aromatic N) is 2. The van der Waals surface area contributed by atoms with Crippen LogP contribution in [0.5, 0.6) is 0 Å². The quantitative estimate of drug-likeness (QED) is 0.616. The van der Waals surface area contributed by atoms with Gasteiger partial charge >= 0.3 is 0 Å². The van der Waals surface area contributed by atoms with Gasteiger partial charge in [-0.15, -0.1) is 0 Å². The summed E-state index contributed by atoms with van der Waals surface area (Å²) in [5.41, 5.74) is 1.23. The number of amides is 1. The summed E-state index contributed by atoms with van der Waals surface area (Å²) in [6.45, 7) is 1.32. The van der Waals surface area contributed by atoms with Crippen LogP contribution in [0.1, 0.15) is 12.0 Å². The summed E-state index contributed by atoms with van der Waals surface area (Å²) in [4.78, 5) is 17.1. The minimum Gasteiger partial charge on any atom is -0.356 e. The number of thiophene rings is 1. The maximum Gasteiger partial charge on any atom is 0.223 e. The van der Waals surface area contributed by atoms with Crippen LogP contribution in [-0.4, -0.2) is 44.5 Å². The predicted octanol–water partition coefficient (Wildman–Crippen LogP) is 0.891. The maximum atomic E-state index is 11.4. The lowest BCUT2D eigenvalue weighted by atomic mass is 10.3. The van der Waals surface area contributed by atoms with Crippen molar-refractivity contribution in [1.82, 2.24) is 15.5 Å². The Bertz CT molecular complexity index is 387. The Labute approximate surface area is 112 Å². The van der Waals surface area contributed by atoms with Crippen LogP contribution in [0.15, 0.2) is 21.8 Å². The number of hydrogen-bond donors (Lipinski definition) is 2. The zero-order valence-corrected chi connectivity index (χ0v) is 11.9. The van der Waals surface area contributed by atoms with Gasteiger partial charge in [-0.1, -0.05) is 0 Å². The van der Waals surface area contributed by atoms with Gasteiger partial charge in [-0.05, 0) is 22.4 Å². The van der Waals surface area contributed by atoms with Gasteiger partial charge in [-0.25, -0.2) is 0 Å². The molecule has 18 heavy (non-hydrogen) atoms. The summed E-state index contributed by atoms with van der Waals surface area (Å²) in [6, 6.07) is 2.07. The molecule has 1 amide bonds. The molecule has 1 aromatic rings. The van der Waals surface area contributed by atoms with E-state index < -0.39 is 0 Å². The molecule has 0 aliphatic heterocycles. The molecule has 0 aliphatic carbocycles. The third kappa shape index (κ3) is 5.18. The van der Waals surface area contributed by atoms with Gasteiger partial charge in [0, 0.05) is 40.7 Å². The number of nitrogens with one attached hydrogen (secondary N) is 2. The van der Waals surface area contributed by atoms with Crippen molar-refractivity contribution in [2.45, 2.75) is 13.0 Å². The first kappa shape index (κ1) is 14.5. The molecule has 1 heterocycles. The molecule has 0 radical (unpaired) electrons. The van der Waals surface area contributed by atoms with Crippen molar-refractivity contribution in [3.05, 3.63) is 22.4 Å². The summed E-state index contributed by atoms with van der Waals surface area (Å²) in [6.07, 6.45) is 0.464. The number of aliphatic imine (C=N–C) groups is 1. The monoisotopic (exact) mass is 268 g/mol. The second-order valence-electron chi connectivity index (χ2n) is 4.02. The Morgan fingerprint density at radius 2 is 2.22 bits per heavy atom. The molecule has 0 atom stereocenters. The molecule has 1 aromatic heterocycles. The van der Waals surface area contributed by atoms with Crippen molar-refractivity contribution >= 4 is 23.2 Å². The summed E-state index contributed by atoms with van der Waals surface area (Å²) in [5.74, 6) is 0.823. The van der Waals surface area contributed by atoms with Crippen LogP contribution in [0.4, 0.5) is 0 Å². The normalized spacial score (nSPS) is 11.2. The smallest absolute Gasteiger partial charge is 0.223 e. The van der Waals surface area contributed by atoms with Gasteiger partial charge in [0.1, 0.15) is 0 Å². The van der Waals surface area contributed by atoms with Gasteiger partial charge in [-0.3, -0.25) is 9.79 Å². The fourth-order valence-electron chi connectivity index (χ4n) is 1.31. The molecule has 0 unspecified atom stereocenters. The Balaban J connectivity index is 2.24. The first-order chi connectivity index (χ1) is 8.63. The van der Waals surface area contributed by atoms with E-state index in [4.69, 9.17) is 0 Å². The number of hydrogen-bond acceptors (Lipinski definition) is 3. The van der Waals surface area contributed by atoms with Crippen LogP contribution in [0, 0.1) is 0 Å². The minimum absolute atomic E-state index is 0.107. The molecule has 0 spiro atoms. The van der Waals surface area contributed by atoms with E-state index in [1.807, 2.05) is 5.38 Å². The molecule has 6 heteroatoms. The Morgan fingerprint density at radius 1 is 1.44 bits per heavy atom. The number of rotatable bonds is 5. The third-order valence-corrected chi connectivity index (χ3v) is 3.13. The van der Waals surface area contributed by atoms with Gasteiger partial charge < -0.3 is 15.5 Å². The van der Waals surface area contributed by atoms with E-state index in [0.717, 1.165) is 6.54 Å². The van der Waals surface area contributed by atoms with E-state index >= 15 is 0 Å². The molecule has 5 nitrogen and oxygen atoms in total.